The van der Waals surface area contributed by atoms with Crippen LogP contribution in [-0.2, 0) is 11.3 Å². The van der Waals surface area contributed by atoms with Gasteiger partial charge in [0.2, 0.25) is 0 Å². The number of nitriles is 1. The van der Waals surface area contributed by atoms with Crippen molar-refractivity contribution in [1.29, 1.82) is 5.26 Å². The molecule has 0 bridgehead atoms. The maximum atomic E-state index is 12.2. The highest BCUT2D eigenvalue weighted by atomic mass is 19.3. The zero-order valence-electron chi connectivity index (χ0n) is 9.44. The third-order valence-corrected chi connectivity index (χ3v) is 2.16. The van der Waals surface area contributed by atoms with Gasteiger partial charge in [0, 0.05) is 12.1 Å². The van der Waals surface area contributed by atoms with E-state index in [1.807, 2.05) is 0 Å². The van der Waals surface area contributed by atoms with Gasteiger partial charge in [0.05, 0.1) is 18.2 Å². The molecule has 0 aromatic heterocycles. The van der Waals surface area contributed by atoms with Crippen molar-refractivity contribution in [3.63, 3.8) is 0 Å². The monoisotopic (exact) mass is 256 g/mol. The second-order valence-electron chi connectivity index (χ2n) is 3.19. The summed E-state index contributed by atoms with van der Waals surface area (Å²) < 4.78 is 33.0. The fourth-order valence-corrected chi connectivity index (χ4v) is 1.36. The second-order valence-corrected chi connectivity index (χ2v) is 3.19. The number of hydrogen-bond acceptors (Lipinski definition) is 5. The third-order valence-electron chi connectivity index (χ3n) is 2.16. The second kappa shape index (κ2) is 5.93. The molecule has 1 aromatic carbocycles. The van der Waals surface area contributed by atoms with Crippen molar-refractivity contribution in [2.45, 2.75) is 13.2 Å². The number of halogens is 2. The van der Waals surface area contributed by atoms with Crippen LogP contribution in [-0.4, -0.2) is 19.7 Å². The summed E-state index contributed by atoms with van der Waals surface area (Å²) in [6.07, 6.45) is 0. The van der Waals surface area contributed by atoms with E-state index in [0.717, 1.165) is 13.2 Å². The van der Waals surface area contributed by atoms with E-state index in [4.69, 9.17) is 11.0 Å². The lowest BCUT2D eigenvalue weighted by molar-refractivity contribution is -0.0504. The molecule has 96 valence electrons. The average molecular weight is 256 g/mol. The number of nitrogens with zero attached hydrogens (tertiary/aromatic N) is 1. The predicted molar refractivity (Wildman–Crippen MR) is 57.0 cm³/mol. The molecule has 18 heavy (non-hydrogen) atoms. The number of alkyl halides is 2. The van der Waals surface area contributed by atoms with E-state index in [0.29, 0.717) is 0 Å². The fraction of sp³-hybridized carbons (Fsp3) is 0.273. The first-order valence-corrected chi connectivity index (χ1v) is 4.83. The Labute approximate surface area is 102 Å². The molecule has 0 aliphatic carbocycles. The number of carbonyl (C=O) groups is 1. The zero-order chi connectivity index (χ0) is 13.7. The zero-order valence-corrected chi connectivity index (χ0v) is 9.44. The summed E-state index contributed by atoms with van der Waals surface area (Å²) in [6.45, 7) is -3.15. The number of rotatable bonds is 4. The first-order chi connectivity index (χ1) is 8.53. The van der Waals surface area contributed by atoms with Crippen LogP contribution >= 0.6 is 0 Å². The van der Waals surface area contributed by atoms with Crippen molar-refractivity contribution >= 4 is 5.97 Å². The Balaban J connectivity index is 3.33. The Hall–Kier alpha value is -2.20. The van der Waals surface area contributed by atoms with Crippen LogP contribution in [0.3, 0.4) is 0 Å². The SMILES string of the molecule is COC(=O)c1cc(CN)c(OC(F)F)cc1C#N. The minimum absolute atomic E-state index is 0.0398. The van der Waals surface area contributed by atoms with Crippen LogP contribution in [0, 0.1) is 11.3 Å². The quantitative estimate of drug-likeness (QED) is 0.823. The number of esters is 1. The van der Waals surface area contributed by atoms with Gasteiger partial charge in [-0.05, 0) is 12.1 Å². The topological polar surface area (TPSA) is 85.3 Å². The summed E-state index contributed by atoms with van der Waals surface area (Å²) in [5.74, 6) is -0.971. The number of nitrogens with two attached hydrogens (primary N) is 1. The summed E-state index contributed by atoms with van der Waals surface area (Å²) in [7, 11) is 1.15. The molecule has 0 saturated heterocycles. The third kappa shape index (κ3) is 2.93. The molecule has 0 aliphatic rings. The van der Waals surface area contributed by atoms with Gasteiger partial charge < -0.3 is 15.2 Å². The smallest absolute Gasteiger partial charge is 0.387 e. The molecule has 0 spiro atoms. The van der Waals surface area contributed by atoms with Crippen molar-refractivity contribution in [1.82, 2.24) is 0 Å². The van der Waals surface area contributed by atoms with Crippen LogP contribution < -0.4 is 10.5 Å². The molecular weight excluding hydrogens is 246 g/mol. The van der Waals surface area contributed by atoms with Crippen molar-refractivity contribution in [2.24, 2.45) is 5.73 Å². The lowest BCUT2D eigenvalue weighted by Crippen LogP contribution is -2.11. The van der Waals surface area contributed by atoms with Gasteiger partial charge in [-0.1, -0.05) is 0 Å². The van der Waals surface area contributed by atoms with Crippen LogP contribution in [0.25, 0.3) is 0 Å². The molecule has 0 atom stereocenters. The number of benzene rings is 1. The summed E-state index contributed by atoms with van der Waals surface area (Å²) in [6, 6.07) is 3.96. The highest BCUT2D eigenvalue weighted by molar-refractivity contribution is 5.92. The van der Waals surface area contributed by atoms with E-state index < -0.39 is 12.6 Å². The van der Waals surface area contributed by atoms with Crippen LogP contribution in [0.15, 0.2) is 12.1 Å². The molecular formula is C11H10F2N2O3. The molecule has 7 heteroatoms. The van der Waals surface area contributed by atoms with Gasteiger partial charge in [0.25, 0.3) is 0 Å². The molecule has 0 saturated carbocycles. The minimum Gasteiger partial charge on any atom is -0.465 e. The van der Waals surface area contributed by atoms with Crippen LogP contribution in [0.1, 0.15) is 21.5 Å². The largest absolute Gasteiger partial charge is 0.465 e. The first kappa shape index (κ1) is 13.9. The highest BCUT2D eigenvalue weighted by Gasteiger charge is 2.18. The van der Waals surface area contributed by atoms with Gasteiger partial charge in [0.15, 0.2) is 0 Å². The molecule has 5 nitrogen and oxygen atoms in total. The van der Waals surface area contributed by atoms with E-state index >= 15 is 0 Å². The molecule has 0 heterocycles. The average Bonchev–Trinajstić information content (AvgIpc) is 2.36. The van der Waals surface area contributed by atoms with Gasteiger partial charge in [-0.2, -0.15) is 14.0 Å². The normalized spacial score (nSPS) is 10.0. The Morgan fingerprint density at radius 3 is 2.67 bits per heavy atom. The van der Waals surface area contributed by atoms with Gasteiger partial charge in [-0.3, -0.25) is 0 Å². The summed E-state index contributed by atoms with van der Waals surface area (Å²) in [4.78, 5) is 11.4. The van der Waals surface area contributed by atoms with E-state index in [-0.39, 0.29) is 29.0 Å². The maximum Gasteiger partial charge on any atom is 0.387 e. The lowest BCUT2D eigenvalue weighted by Gasteiger charge is -2.12. The Morgan fingerprint density at radius 2 is 2.22 bits per heavy atom. The van der Waals surface area contributed by atoms with E-state index in [1.165, 1.54) is 6.07 Å². The van der Waals surface area contributed by atoms with Gasteiger partial charge in [-0.25, -0.2) is 4.79 Å². The first-order valence-electron chi connectivity index (χ1n) is 4.83. The van der Waals surface area contributed by atoms with E-state index in [2.05, 4.69) is 9.47 Å². The van der Waals surface area contributed by atoms with Gasteiger partial charge in [0.1, 0.15) is 11.8 Å². The number of methoxy groups -OCH3 is 1. The Bertz CT molecular complexity index is 498. The standard InChI is InChI=1S/C11H10F2N2O3/c1-17-10(16)8-2-7(5-15)9(18-11(12)13)3-6(8)4-14/h2-3,11H,5,15H2,1H3. The van der Waals surface area contributed by atoms with Crippen molar-refractivity contribution in [2.75, 3.05) is 7.11 Å². The van der Waals surface area contributed by atoms with Crippen molar-refractivity contribution in [3.8, 4) is 11.8 Å². The Morgan fingerprint density at radius 1 is 1.56 bits per heavy atom. The number of ether oxygens (including phenoxy) is 2. The van der Waals surface area contributed by atoms with Crippen molar-refractivity contribution < 1.29 is 23.0 Å². The highest BCUT2D eigenvalue weighted by Crippen LogP contribution is 2.25. The summed E-state index contributed by atoms with van der Waals surface area (Å²) >= 11 is 0. The molecule has 0 aliphatic heterocycles. The predicted octanol–water partition coefficient (Wildman–Crippen LogP) is 1.40. The fourth-order valence-electron chi connectivity index (χ4n) is 1.36. The maximum absolute atomic E-state index is 12.2. The molecule has 0 unspecified atom stereocenters. The minimum atomic E-state index is -3.04. The Kier molecular flexibility index (Phi) is 4.57. The molecule has 0 radical (unpaired) electrons. The number of carbonyl (C=O) groups excluding carboxylic acids is 1. The molecule has 1 aromatic rings. The van der Waals surface area contributed by atoms with E-state index in [9.17, 15) is 13.6 Å². The van der Waals surface area contributed by atoms with Crippen LogP contribution in [0.2, 0.25) is 0 Å². The van der Waals surface area contributed by atoms with Gasteiger partial charge >= 0.3 is 12.6 Å². The van der Waals surface area contributed by atoms with Crippen molar-refractivity contribution in [3.05, 3.63) is 28.8 Å². The van der Waals surface area contributed by atoms with Crippen LogP contribution in [0.4, 0.5) is 8.78 Å². The molecule has 0 amide bonds. The van der Waals surface area contributed by atoms with E-state index in [1.54, 1.807) is 6.07 Å². The van der Waals surface area contributed by atoms with Gasteiger partial charge in [-0.15, -0.1) is 0 Å². The van der Waals surface area contributed by atoms with Crippen LogP contribution in [0.5, 0.6) is 5.75 Å². The molecule has 0 fully saturated rings. The summed E-state index contributed by atoms with van der Waals surface area (Å²) in [5, 5.41) is 8.85. The summed E-state index contributed by atoms with van der Waals surface area (Å²) in [5.41, 5.74) is 5.40. The lowest BCUT2D eigenvalue weighted by atomic mass is 10.0. The molecule has 1 rings (SSSR count). The number of hydrogen-bond donors (Lipinski definition) is 1. The molecule has 2 N–H and O–H groups in total.